The number of pyridine rings is 1. The lowest BCUT2D eigenvalue weighted by atomic mass is 10.1. The van der Waals surface area contributed by atoms with Gasteiger partial charge < -0.3 is 14.5 Å². The maximum Gasteiger partial charge on any atom is 0.410 e. The molecular formula is C23H25F2N7O2. The molecule has 0 radical (unpaired) electrons. The maximum atomic E-state index is 14.1. The highest BCUT2D eigenvalue weighted by molar-refractivity contribution is 5.92. The number of halogens is 2. The number of hydrogen-bond acceptors (Lipinski definition) is 7. The summed E-state index contributed by atoms with van der Waals surface area (Å²) < 4.78 is 35.1. The third kappa shape index (κ3) is 4.48. The topological polar surface area (TPSA) is 100 Å². The number of alkyl halides is 2. The number of hydrogen-bond donors (Lipinski definition) is 0. The number of amides is 1. The average molecular weight is 469 g/mol. The molecule has 1 aliphatic heterocycles. The van der Waals surface area contributed by atoms with Crippen LogP contribution >= 0.6 is 0 Å². The molecule has 0 aliphatic carbocycles. The highest BCUT2D eigenvalue weighted by atomic mass is 19.3. The molecule has 11 heteroatoms. The normalized spacial score (nSPS) is 16.7. The van der Waals surface area contributed by atoms with Crippen LogP contribution in [0.4, 0.5) is 19.4 Å². The summed E-state index contributed by atoms with van der Waals surface area (Å²) in [4.78, 5) is 28.9. The van der Waals surface area contributed by atoms with Crippen molar-refractivity contribution in [2.45, 2.75) is 45.8 Å². The van der Waals surface area contributed by atoms with Crippen molar-refractivity contribution >= 4 is 22.9 Å². The van der Waals surface area contributed by atoms with Gasteiger partial charge in [0, 0.05) is 43.6 Å². The van der Waals surface area contributed by atoms with E-state index in [-0.39, 0.29) is 22.6 Å². The summed E-state index contributed by atoms with van der Waals surface area (Å²) in [7, 11) is 0. The van der Waals surface area contributed by atoms with Crippen molar-refractivity contribution in [3.63, 3.8) is 0 Å². The molecule has 0 spiro atoms. The molecule has 178 valence electrons. The number of fused-ring (bicyclic) bond motifs is 1. The smallest absolute Gasteiger partial charge is 0.410 e. The van der Waals surface area contributed by atoms with Gasteiger partial charge in [-0.2, -0.15) is 5.26 Å². The largest absolute Gasteiger partial charge is 0.444 e. The minimum atomic E-state index is -2.77. The fourth-order valence-electron chi connectivity index (χ4n) is 4.02. The van der Waals surface area contributed by atoms with E-state index in [1.807, 2.05) is 17.9 Å². The fourth-order valence-corrected chi connectivity index (χ4v) is 4.02. The summed E-state index contributed by atoms with van der Waals surface area (Å²) in [6, 6.07) is 4.88. The van der Waals surface area contributed by atoms with Crippen molar-refractivity contribution in [2.75, 3.05) is 24.5 Å². The van der Waals surface area contributed by atoms with E-state index in [4.69, 9.17) is 4.74 Å². The monoisotopic (exact) mass is 469 g/mol. The van der Waals surface area contributed by atoms with Gasteiger partial charge in [-0.1, -0.05) is 0 Å². The van der Waals surface area contributed by atoms with Crippen molar-refractivity contribution in [1.29, 1.82) is 5.26 Å². The molecule has 34 heavy (non-hydrogen) atoms. The second-order valence-electron chi connectivity index (χ2n) is 9.13. The Labute approximate surface area is 195 Å². The van der Waals surface area contributed by atoms with Crippen LogP contribution in [0.15, 0.2) is 30.9 Å². The summed E-state index contributed by atoms with van der Waals surface area (Å²) in [5, 5.41) is 9.43. The first-order chi connectivity index (χ1) is 16.1. The van der Waals surface area contributed by atoms with Crippen LogP contribution < -0.4 is 4.90 Å². The molecule has 4 heterocycles. The van der Waals surface area contributed by atoms with E-state index in [1.165, 1.54) is 35.4 Å². The molecule has 0 saturated carbocycles. The summed E-state index contributed by atoms with van der Waals surface area (Å²) in [6.45, 7) is 8.43. The van der Waals surface area contributed by atoms with Gasteiger partial charge in [0.1, 0.15) is 23.6 Å². The molecule has 4 rings (SSSR count). The summed E-state index contributed by atoms with van der Waals surface area (Å²) in [6.07, 6.45) is 0.881. The van der Waals surface area contributed by atoms with Gasteiger partial charge in [-0.05, 0) is 39.8 Å². The predicted molar refractivity (Wildman–Crippen MR) is 121 cm³/mol. The van der Waals surface area contributed by atoms with Gasteiger partial charge in [-0.25, -0.2) is 28.5 Å². The van der Waals surface area contributed by atoms with Crippen LogP contribution in [-0.2, 0) is 4.74 Å². The molecule has 1 unspecified atom stereocenters. The number of piperazine rings is 1. The number of carbonyl (C=O) groups excluding carboxylic acids is 1. The van der Waals surface area contributed by atoms with Crippen molar-refractivity contribution in [3.05, 3.63) is 42.0 Å². The molecular weight excluding hydrogens is 444 g/mol. The SMILES string of the molecule is CC1CN(C(=O)OC(C)(C)C)CCN1c1ncnc2c1c(C(F)F)cn2-c1cc(C#N)ccn1. The van der Waals surface area contributed by atoms with Gasteiger partial charge in [0.05, 0.1) is 17.0 Å². The molecule has 3 aromatic rings. The Balaban J connectivity index is 1.72. The Bertz CT molecular complexity index is 1260. The second-order valence-corrected chi connectivity index (χ2v) is 9.13. The van der Waals surface area contributed by atoms with Gasteiger partial charge in [-0.3, -0.25) is 4.57 Å². The number of nitrogens with zero attached hydrogens (tertiary/aromatic N) is 7. The van der Waals surface area contributed by atoms with Crippen molar-refractivity contribution in [2.24, 2.45) is 0 Å². The number of anilines is 1. The number of aromatic nitrogens is 4. The highest BCUT2D eigenvalue weighted by Crippen LogP contribution is 2.36. The molecule has 1 fully saturated rings. The summed E-state index contributed by atoms with van der Waals surface area (Å²) in [5.74, 6) is 0.676. The standard InChI is InChI=1S/C23H25F2N7O2/c1-14-11-30(22(33)34-23(2,3)4)7-8-31(14)20-18-16(19(24)25)12-32(21(18)29-13-28-20)17-9-15(10-26)5-6-27-17/h5-6,9,12-14,19H,7-8,11H2,1-4H3. The van der Waals surface area contributed by atoms with Crippen LogP contribution in [0, 0.1) is 11.3 Å². The zero-order valence-electron chi connectivity index (χ0n) is 19.4. The van der Waals surface area contributed by atoms with Crippen molar-refractivity contribution < 1.29 is 18.3 Å². The van der Waals surface area contributed by atoms with Gasteiger partial charge in [0.2, 0.25) is 0 Å². The molecule has 0 aromatic carbocycles. The van der Waals surface area contributed by atoms with E-state index in [1.54, 1.807) is 25.7 Å². The average Bonchev–Trinajstić information content (AvgIpc) is 3.18. The molecule has 3 aromatic heterocycles. The molecule has 1 amide bonds. The fraction of sp³-hybridized carbons (Fsp3) is 0.435. The summed E-state index contributed by atoms with van der Waals surface area (Å²) >= 11 is 0. The Morgan fingerprint density at radius 2 is 2.03 bits per heavy atom. The first-order valence-corrected chi connectivity index (χ1v) is 10.8. The number of rotatable bonds is 3. The lowest BCUT2D eigenvalue weighted by Gasteiger charge is -2.41. The molecule has 0 N–H and O–H groups in total. The second kappa shape index (κ2) is 8.85. The Morgan fingerprint density at radius 3 is 2.68 bits per heavy atom. The lowest BCUT2D eigenvalue weighted by molar-refractivity contribution is 0.0218. The van der Waals surface area contributed by atoms with Crippen LogP contribution in [0.3, 0.4) is 0 Å². The van der Waals surface area contributed by atoms with Gasteiger partial charge in [0.15, 0.2) is 5.65 Å². The predicted octanol–water partition coefficient (Wildman–Crippen LogP) is 4.07. The number of ether oxygens (including phenoxy) is 1. The third-order valence-electron chi connectivity index (χ3n) is 5.50. The first kappa shape index (κ1) is 23.4. The van der Waals surface area contributed by atoms with E-state index in [9.17, 15) is 18.8 Å². The van der Waals surface area contributed by atoms with E-state index in [0.29, 0.717) is 36.8 Å². The van der Waals surface area contributed by atoms with Crippen molar-refractivity contribution in [3.8, 4) is 11.9 Å². The maximum absolute atomic E-state index is 14.1. The highest BCUT2D eigenvalue weighted by Gasteiger charge is 2.33. The van der Waals surface area contributed by atoms with E-state index in [0.717, 1.165) is 0 Å². The molecule has 1 saturated heterocycles. The molecule has 1 aliphatic rings. The number of nitriles is 1. The quantitative estimate of drug-likeness (QED) is 0.570. The minimum absolute atomic E-state index is 0.201. The first-order valence-electron chi connectivity index (χ1n) is 10.8. The van der Waals surface area contributed by atoms with Crippen LogP contribution in [0.25, 0.3) is 16.9 Å². The molecule has 9 nitrogen and oxygen atoms in total. The van der Waals surface area contributed by atoms with Crippen LogP contribution in [0.1, 0.15) is 45.2 Å². The van der Waals surface area contributed by atoms with Gasteiger partial charge >= 0.3 is 6.09 Å². The van der Waals surface area contributed by atoms with Gasteiger partial charge in [0.25, 0.3) is 6.43 Å². The van der Waals surface area contributed by atoms with E-state index >= 15 is 0 Å². The molecule has 0 bridgehead atoms. The van der Waals surface area contributed by atoms with Crippen LogP contribution in [0.5, 0.6) is 0 Å². The van der Waals surface area contributed by atoms with E-state index < -0.39 is 18.1 Å². The van der Waals surface area contributed by atoms with E-state index in [2.05, 4.69) is 15.0 Å². The minimum Gasteiger partial charge on any atom is -0.444 e. The number of carbonyl (C=O) groups is 1. The Hall–Kier alpha value is -3.81. The Morgan fingerprint density at radius 1 is 1.26 bits per heavy atom. The third-order valence-corrected chi connectivity index (χ3v) is 5.50. The zero-order valence-corrected chi connectivity index (χ0v) is 19.4. The summed E-state index contributed by atoms with van der Waals surface area (Å²) in [5.41, 5.74) is -0.213. The zero-order chi connectivity index (χ0) is 24.6. The van der Waals surface area contributed by atoms with Crippen LogP contribution in [-0.4, -0.2) is 61.8 Å². The lowest BCUT2D eigenvalue weighted by Crippen LogP contribution is -2.54. The Kier molecular flexibility index (Phi) is 6.08. The van der Waals surface area contributed by atoms with Gasteiger partial charge in [-0.15, -0.1) is 0 Å². The van der Waals surface area contributed by atoms with Crippen molar-refractivity contribution in [1.82, 2.24) is 24.4 Å². The van der Waals surface area contributed by atoms with Crippen LogP contribution in [0.2, 0.25) is 0 Å². The molecule has 1 atom stereocenters.